The maximum Gasteiger partial charge on any atom is 0.317 e. The van der Waals surface area contributed by atoms with Gasteiger partial charge in [-0.15, -0.1) is 0 Å². The monoisotopic (exact) mass is 320 g/mol. The van der Waals surface area contributed by atoms with Crippen LogP contribution in [0.3, 0.4) is 0 Å². The van der Waals surface area contributed by atoms with E-state index in [1.54, 1.807) is 9.80 Å². The lowest BCUT2D eigenvalue weighted by atomic mass is 10.1. The SMILES string of the molecule is CCCNC(=O)N1CCN(C(=O)c2ccc([N+](=O)[O-])cc2)CC1. The summed E-state index contributed by atoms with van der Waals surface area (Å²) in [5.41, 5.74) is 0.374. The lowest BCUT2D eigenvalue weighted by Crippen LogP contribution is -2.53. The van der Waals surface area contributed by atoms with Crippen molar-refractivity contribution in [3.63, 3.8) is 0 Å². The topological polar surface area (TPSA) is 95.8 Å². The number of hydrogen-bond acceptors (Lipinski definition) is 4. The van der Waals surface area contributed by atoms with Crippen LogP contribution in [0, 0.1) is 10.1 Å². The summed E-state index contributed by atoms with van der Waals surface area (Å²) in [6, 6.07) is 5.46. The number of nitro groups is 1. The largest absolute Gasteiger partial charge is 0.338 e. The zero-order valence-corrected chi connectivity index (χ0v) is 13.0. The molecule has 8 heteroatoms. The average molecular weight is 320 g/mol. The Morgan fingerprint density at radius 1 is 1.13 bits per heavy atom. The van der Waals surface area contributed by atoms with Gasteiger partial charge in [-0.1, -0.05) is 6.92 Å². The molecule has 0 saturated carbocycles. The fourth-order valence-corrected chi connectivity index (χ4v) is 2.36. The van der Waals surface area contributed by atoms with Gasteiger partial charge in [0.2, 0.25) is 0 Å². The third-order valence-corrected chi connectivity index (χ3v) is 3.71. The third kappa shape index (κ3) is 4.18. The third-order valence-electron chi connectivity index (χ3n) is 3.71. The van der Waals surface area contributed by atoms with Crippen molar-refractivity contribution in [3.8, 4) is 0 Å². The van der Waals surface area contributed by atoms with E-state index in [0.717, 1.165) is 6.42 Å². The van der Waals surface area contributed by atoms with Crippen LogP contribution in [-0.2, 0) is 0 Å². The van der Waals surface area contributed by atoms with Crippen LogP contribution in [0.5, 0.6) is 0 Å². The second-order valence-corrected chi connectivity index (χ2v) is 5.32. The van der Waals surface area contributed by atoms with Crippen molar-refractivity contribution >= 4 is 17.6 Å². The van der Waals surface area contributed by atoms with Crippen molar-refractivity contribution in [2.75, 3.05) is 32.7 Å². The number of rotatable bonds is 4. The van der Waals surface area contributed by atoms with Gasteiger partial charge in [0, 0.05) is 50.4 Å². The highest BCUT2D eigenvalue weighted by atomic mass is 16.6. The Kier molecular flexibility index (Phi) is 5.51. The molecule has 0 radical (unpaired) electrons. The minimum atomic E-state index is -0.498. The van der Waals surface area contributed by atoms with E-state index < -0.39 is 4.92 Å². The number of carbonyl (C=O) groups excluding carboxylic acids is 2. The molecule has 1 saturated heterocycles. The first kappa shape index (κ1) is 16.7. The maximum atomic E-state index is 12.4. The van der Waals surface area contributed by atoms with Crippen molar-refractivity contribution in [2.45, 2.75) is 13.3 Å². The van der Waals surface area contributed by atoms with Crippen LogP contribution in [0.2, 0.25) is 0 Å². The van der Waals surface area contributed by atoms with Crippen LogP contribution in [0.1, 0.15) is 23.7 Å². The molecule has 0 unspecified atom stereocenters. The van der Waals surface area contributed by atoms with Gasteiger partial charge < -0.3 is 15.1 Å². The highest BCUT2D eigenvalue weighted by molar-refractivity contribution is 5.94. The highest BCUT2D eigenvalue weighted by Crippen LogP contribution is 2.14. The second-order valence-electron chi connectivity index (χ2n) is 5.32. The number of nitro benzene ring substituents is 1. The van der Waals surface area contributed by atoms with E-state index in [4.69, 9.17) is 0 Å². The van der Waals surface area contributed by atoms with Gasteiger partial charge in [0.1, 0.15) is 0 Å². The molecule has 8 nitrogen and oxygen atoms in total. The average Bonchev–Trinajstić information content (AvgIpc) is 2.59. The number of carbonyl (C=O) groups is 2. The number of non-ortho nitro benzene ring substituents is 1. The van der Waals surface area contributed by atoms with E-state index in [2.05, 4.69) is 5.32 Å². The lowest BCUT2D eigenvalue weighted by molar-refractivity contribution is -0.384. The first-order valence-corrected chi connectivity index (χ1v) is 7.59. The summed E-state index contributed by atoms with van der Waals surface area (Å²) in [5, 5.41) is 13.4. The number of amides is 3. The standard InChI is InChI=1S/C15H20N4O4/c1-2-7-16-15(21)18-10-8-17(9-11-18)14(20)12-3-5-13(6-4-12)19(22)23/h3-6H,2,7-11H2,1H3,(H,16,21). The summed E-state index contributed by atoms with van der Waals surface area (Å²) < 4.78 is 0. The van der Waals surface area contributed by atoms with Crippen molar-refractivity contribution < 1.29 is 14.5 Å². The summed E-state index contributed by atoms with van der Waals surface area (Å²) >= 11 is 0. The molecule has 0 atom stereocenters. The zero-order chi connectivity index (χ0) is 16.8. The molecule has 1 aliphatic rings. The van der Waals surface area contributed by atoms with Crippen molar-refractivity contribution in [3.05, 3.63) is 39.9 Å². The molecule has 1 heterocycles. The Hall–Kier alpha value is -2.64. The molecule has 0 aromatic heterocycles. The van der Waals surface area contributed by atoms with Gasteiger partial charge in [0.15, 0.2) is 0 Å². The van der Waals surface area contributed by atoms with Gasteiger partial charge in [-0.2, -0.15) is 0 Å². The van der Waals surface area contributed by atoms with Crippen LogP contribution < -0.4 is 5.32 Å². The molecule has 1 N–H and O–H groups in total. The van der Waals surface area contributed by atoms with E-state index >= 15 is 0 Å². The Balaban J connectivity index is 1.90. The number of piperazine rings is 1. The minimum absolute atomic E-state index is 0.0426. The highest BCUT2D eigenvalue weighted by Gasteiger charge is 2.24. The number of nitrogens with zero attached hydrogens (tertiary/aromatic N) is 3. The molecule has 0 bridgehead atoms. The van der Waals surface area contributed by atoms with Crippen molar-refractivity contribution in [1.82, 2.24) is 15.1 Å². The van der Waals surface area contributed by atoms with Crippen LogP contribution in [0.4, 0.5) is 10.5 Å². The fraction of sp³-hybridized carbons (Fsp3) is 0.467. The maximum absolute atomic E-state index is 12.4. The van der Waals surface area contributed by atoms with Crippen LogP contribution in [0.25, 0.3) is 0 Å². The molecule has 0 spiro atoms. The summed E-state index contributed by atoms with van der Waals surface area (Å²) in [6.45, 7) is 4.50. The number of hydrogen-bond donors (Lipinski definition) is 1. The first-order chi connectivity index (χ1) is 11.0. The molecular formula is C15H20N4O4. The van der Waals surface area contributed by atoms with Gasteiger partial charge in [0.05, 0.1) is 4.92 Å². The van der Waals surface area contributed by atoms with E-state index in [1.807, 2.05) is 6.92 Å². The van der Waals surface area contributed by atoms with E-state index in [1.165, 1.54) is 24.3 Å². The summed E-state index contributed by atoms with van der Waals surface area (Å²) in [6.07, 6.45) is 0.879. The summed E-state index contributed by atoms with van der Waals surface area (Å²) in [7, 11) is 0. The summed E-state index contributed by atoms with van der Waals surface area (Å²) in [4.78, 5) is 37.7. The molecule has 1 aromatic rings. The van der Waals surface area contributed by atoms with Crippen LogP contribution in [0.15, 0.2) is 24.3 Å². The molecule has 1 fully saturated rings. The molecule has 1 aromatic carbocycles. The van der Waals surface area contributed by atoms with Gasteiger partial charge in [-0.25, -0.2) is 4.79 Å². The lowest BCUT2D eigenvalue weighted by Gasteiger charge is -2.34. The number of nitrogens with one attached hydrogen (secondary N) is 1. The van der Waals surface area contributed by atoms with E-state index in [-0.39, 0.29) is 17.6 Å². The molecule has 2 rings (SSSR count). The molecule has 3 amide bonds. The van der Waals surface area contributed by atoms with Crippen LogP contribution >= 0.6 is 0 Å². The van der Waals surface area contributed by atoms with Gasteiger partial charge in [-0.3, -0.25) is 14.9 Å². The van der Waals surface area contributed by atoms with Crippen LogP contribution in [-0.4, -0.2) is 59.4 Å². The number of benzene rings is 1. The molecule has 1 aliphatic heterocycles. The summed E-state index contributed by atoms with van der Waals surface area (Å²) in [5.74, 6) is -0.173. The Labute approximate surface area is 134 Å². The second kappa shape index (κ2) is 7.57. The number of urea groups is 1. The Morgan fingerprint density at radius 3 is 2.22 bits per heavy atom. The van der Waals surface area contributed by atoms with Crippen molar-refractivity contribution in [2.24, 2.45) is 0 Å². The van der Waals surface area contributed by atoms with Crippen molar-refractivity contribution in [1.29, 1.82) is 0 Å². The minimum Gasteiger partial charge on any atom is -0.338 e. The van der Waals surface area contributed by atoms with E-state index in [9.17, 15) is 19.7 Å². The smallest absolute Gasteiger partial charge is 0.317 e. The first-order valence-electron chi connectivity index (χ1n) is 7.59. The normalized spacial score (nSPS) is 14.5. The van der Waals surface area contributed by atoms with Gasteiger partial charge in [-0.05, 0) is 18.6 Å². The quantitative estimate of drug-likeness (QED) is 0.671. The van der Waals surface area contributed by atoms with Gasteiger partial charge >= 0.3 is 6.03 Å². The fourth-order valence-electron chi connectivity index (χ4n) is 2.36. The molecule has 23 heavy (non-hydrogen) atoms. The molecule has 0 aliphatic carbocycles. The predicted octanol–water partition coefficient (Wildman–Crippen LogP) is 1.47. The predicted molar refractivity (Wildman–Crippen MR) is 84.3 cm³/mol. The molecule has 124 valence electrons. The Bertz CT molecular complexity index is 580. The van der Waals surface area contributed by atoms with Gasteiger partial charge in [0.25, 0.3) is 11.6 Å². The Morgan fingerprint density at radius 2 is 1.70 bits per heavy atom. The molecular weight excluding hydrogens is 300 g/mol. The zero-order valence-electron chi connectivity index (χ0n) is 13.0. The van der Waals surface area contributed by atoms with E-state index in [0.29, 0.717) is 38.3 Å².